The van der Waals surface area contributed by atoms with Gasteiger partial charge < -0.3 is 10.3 Å². The summed E-state index contributed by atoms with van der Waals surface area (Å²) in [6, 6.07) is 9.31. The second kappa shape index (κ2) is 5.18. The molecule has 0 bridgehead atoms. The van der Waals surface area contributed by atoms with E-state index in [2.05, 4.69) is 20.1 Å². The van der Waals surface area contributed by atoms with E-state index in [1.165, 1.54) is 0 Å². The highest BCUT2D eigenvalue weighted by Gasteiger charge is 2.12. The summed E-state index contributed by atoms with van der Waals surface area (Å²) in [5, 5.41) is 3.96. The van der Waals surface area contributed by atoms with E-state index in [0.717, 1.165) is 17.0 Å². The lowest BCUT2D eigenvalue weighted by Gasteiger charge is -1.97. The number of aryl methyl sites for hydroxylation is 1. The van der Waals surface area contributed by atoms with Crippen LogP contribution in [-0.2, 0) is 6.54 Å². The van der Waals surface area contributed by atoms with Crippen molar-refractivity contribution in [2.45, 2.75) is 13.5 Å². The molecule has 0 spiro atoms. The van der Waals surface area contributed by atoms with Crippen molar-refractivity contribution in [2.75, 3.05) is 0 Å². The van der Waals surface area contributed by atoms with E-state index in [1.807, 2.05) is 31.2 Å². The van der Waals surface area contributed by atoms with Gasteiger partial charge in [-0.3, -0.25) is 4.98 Å². The molecule has 0 atom stereocenters. The fraction of sp³-hybridized carbons (Fsp3) is 0.143. The zero-order valence-electron chi connectivity index (χ0n) is 10.9. The minimum Gasteiger partial charge on any atom is -0.334 e. The summed E-state index contributed by atoms with van der Waals surface area (Å²) in [4.78, 5) is 12.9. The summed E-state index contributed by atoms with van der Waals surface area (Å²) >= 11 is 0. The largest absolute Gasteiger partial charge is 0.334 e. The lowest BCUT2D eigenvalue weighted by Crippen LogP contribution is -1.99. The second-order valence-corrected chi connectivity index (χ2v) is 4.33. The van der Waals surface area contributed by atoms with Crippen molar-refractivity contribution in [3.8, 4) is 23.0 Å². The molecule has 0 radical (unpaired) electrons. The average molecular weight is 267 g/mol. The summed E-state index contributed by atoms with van der Waals surface area (Å²) in [7, 11) is 0. The number of nitrogens with two attached hydrogens (primary N) is 1. The van der Waals surface area contributed by atoms with Crippen LogP contribution in [0.1, 0.15) is 11.4 Å². The molecule has 0 aliphatic carbocycles. The molecule has 0 amide bonds. The highest BCUT2D eigenvalue weighted by atomic mass is 16.5. The van der Waals surface area contributed by atoms with Crippen LogP contribution in [0.2, 0.25) is 0 Å². The van der Waals surface area contributed by atoms with E-state index >= 15 is 0 Å². The van der Waals surface area contributed by atoms with Gasteiger partial charge in [0.1, 0.15) is 5.69 Å². The summed E-state index contributed by atoms with van der Waals surface area (Å²) in [5.74, 6) is 0.898. The van der Waals surface area contributed by atoms with Gasteiger partial charge in [0, 0.05) is 24.0 Å². The molecule has 3 rings (SSSR count). The van der Waals surface area contributed by atoms with Gasteiger partial charge in [-0.2, -0.15) is 4.98 Å². The summed E-state index contributed by atoms with van der Waals surface area (Å²) in [5.41, 5.74) is 8.74. The van der Waals surface area contributed by atoms with Crippen LogP contribution >= 0.6 is 0 Å². The maximum Gasteiger partial charge on any atom is 0.258 e. The van der Waals surface area contributed by atoms with Crippen molar-refractivity contribution in [1.82, 2.24) is 20.1 Å². The molecule has 6 heteroatoms. The van der Waals surface area contributed by atoms with Crippen LogP contribution in [-0.4, -0.2) is 20.1 Å². The van der Waals surface area contributed by atoms with Gasteiger partial charge in [0.15, 0.2) is 0 Å². The van der Waals surface area contributed by atoms with E-state index in [4.69, 9.17) is 10.3 Å². The van der Waals surface area contributed by atoms with Crippen LogP contribution < -0.4 is 5.73 Å². The predicted molar refractivity (Wildman–Crippen MR) is 73.4 cm³/mol. The maximum atomic E-state index is 5.57. The Morgan fingerprint density at radius 2 is 2.10 bits per heavy atom. The Balaban J connectivity index is 1.97. The van der Waals surface area contributed by atoms with Gasteiger partial charge in [-0.25, -0.2) is 4.98 Å². The van der Waals surface area contributed by atoms with E-state index in [-0.39, 0.29) is 0 Å². The molecule has 0 unspecified atom stereocenters. The van der Waals surface area contributed by atoms with Gasteiger partial charge in [0.05, 0.1) is 5.69 Å². The number of nitrogens with zero attached hydrogens (tertiary/aromatic N) is 4. The van der Waals surface area contributed by atoms with Crippen LogP contribution in [0.4, 0.5) is 0 Å². The molecule has 3 heterocycles. The highest BCUT2D eigenvalue weighted by Crippen LogP contribution is 2.21. The second-order valence-electron chi connectivity index (χ2n) is 4.33. The van der Waals surface area contributed by atoms with E-state index in [0.29, 0.717) is 24.0 Å². The first kappa shape index (κ1) is 12.4. The monoisotopic (exact) mass is 267 g/mol. The minimum atomic E-state index is 0.369. The summed E-state index contributed by atoms with van der Waals surface area (Å²) in [6.45, 7) is 2.29. The third-order valence-corrected chi connectivity index (χ3v) is 2.82. The molecule has 0 aliphatic rings. The lowest BCUT2D eigenvalue weighted by atomic mass is 10.2. The summed E-state index contributed by atoms with van der Waals surface area (Å²) < 4.78 is 5.27. The van der Waals surface area contributed by atoms with Crippen molar-refractivity contribution in [3.63, 3.8) is 0 Å². The zero-order valence-corrected chi connectivity index (χ0v) is 10.9. The van der Waals surface area contributed by atoms with Gasteiger partial charge >= 0.3 is 0 Å². The average Bonchev–Trinajstić information content (AvgIpc) is 2.97. The van der Waals surface area contributed by atoms with Gasteiger partial charge in [-0.1, -0.05) is 11.2 Å². The SMILES string of the molecule is Cc1cccc(-c2noc(-c3ccnc(CN)c3)n2)n1. The third-order valence-electron chi connectivity index (χ3n) is 2.82. The molecule has 0 aliphatic heterocycles. The Morgan fingerprint density at radius 3 is 2.90 bits per heavy atom. The Labute approximate surface area is 115 Å². The highest BCUT2D eigenvalue weighted by molar-refractivity contribution is 5.57. The molecule has 0 aromatic carbocycles. The van der Waals surface area contributed by atoms with Crippen molar-refractivity contribution < 1.29 is 4.52 Å². The third kappa shape index (κ3) is 2.41. The smallest absolute Gasteiger partial charge is 0.258 e. The molecule has 2 N–H and O–H groups in total. The van der Waals surface area contributed by atoms with E-state index < -0.39 is 0 Å². The first-order valence-corrected chi connectivity index (χ1v) is 6.19. The summed E-state index contributed by atoms with van der Waals surface area (Å²) in [6.07, 6.45) is 1.67. The zero-order chi connectivity index (χ0) is 13.9. The molecule has 0 saturated carbocycles. The first-order chi connectivity index (χ1) is 9.76. The first-order valence-electron chi connectivity index (χ1n) is 6.19. The molecule has 3 aromatic heterocycles. The quantitative estimate of drug-likeness (QED) is 0.780. The van der Waals surface area contributed by atoms with Gasteiger partial charge in [-0.15, -0.1) is 0 Å². The minimum absolute atomic E-state index is 0.369. The predicted octanol–water partition coefficient (Wildman–Crippen LogP) is 1.96. The van der Waals surface area contributed by atoms with E-state index in [9.17, 15) is 0 Å². The fourth-order valence-electron chi connectivity index (χ4n) is 1.84. The normalized spacial score (nSPS) is 10.7. The molecule has 3 aromatic rings. The Hall–Kier alpha value is -2.60. The van der Waals surface area contributed by atoms with Crippen molar-refractivity contribution in [1.29, 1.82) is 0 Å². The molecular formula is C14H13N5O. The number of hydrogen-bond donors (Lipinski definition) is 1. The van der Waals surface area contributed by atoms with E-state index in [1.54, 1.807) is 12.3 Å². The Kier molecular flexibility index (Phi) is 3.22. The van der Waals surface area contributed by atoms with Crippen molar-refractivity contribution >= 4 is 0 Å². The van der Waals surface area contributed by atoms with Crippen molar-refractivity contribution in [3.05, 3.63) is 47.9 Å². The lowest BCUT2D eigenvalue weighted by molar-refractivity contribution is 0.432. The Morgan fingerprint density at radius 1 is 1.20 bits per heavy atom. The molecule has 0 saturated heterocycles. The number of rotatable bonds is 3. The standard InChI is InChI=1S/C14H13N5O/c1-9-3-2-4-12(17-9)13-18-14(20-19-13)10-5-6-16-11(7-10)8-15/h2-7H,8,15H2,1H3. The molecular weight excluding hydrogens is 254 g/mol. The van der Waals surface area contributed by atoms with Crippen LogP contribution in [0, 0.1) is 6.92 Å². The van der Waals surface area contributed by atoms with Crippen LogP contribution in [0.25, 0.3) is 23.0 Å². The van der Waals surface area contributed by atoms with Gasteiger partial charge in [-0.05, 0) is 31.2 Å². The number of pyridine rings is 2. The molecule has 6 nitrogen and oxygen atoms in total. The van der Waals surface area contributed by atoms with Crippen LogP contribution in [0.15, 0.2) is 41.1 Å². The number of hydrogen-bond acceptors (Lipinski definition) is 6. The maximum absolute atomic E-state index is 5.57. The topological polar surface area (TPSA) is 90.7 Å². The molecule has 0 fully saturated rings. The van der Waals surface area contributed by atoms with Crippen molar-refractivity contribution in [2.24, 2.45) is 5.73 Å². The number of aromatic nitrogens is 4. The van der Waals surface area contributed by atoms with Gasteiger partial charge in [0.25, 0.3) is 5.89 Å². The molecule has 100 valence electrons. The molecule has 20 heavy (non-hydrogen) atoms. The van der Waals surface area contributed by atoms with Crippen LogP contribution in [0.3, 0.4) is 0 Å². The van der Waals surface area contributed by atoms with Gasteiger partial charge in [0.2, 0.25) is 5.82 Å². The fourth-order valence-corrected chi connectivity index (χ4v) is 1.84. The Bertz CT molecular complexity index is 738. The van der Waals surface area contributed by atoms with Crippen LogP contribution in [0.5, 0.6) is 0 Å².